The monoisotopic (exact) mass is 248 g/mol. The normalized spacial score (nSPS) is 10.7. The van der Waals surface area contributed by atoms with Crippen molar-refractivity contribution in [2.75, 3.05) is 13.7 Å². The Bertz CT molecular complexity index is 465. The smallest absolute Gasteiger partial charge is 0.123 e. The summed E-state index contributed by atoms with van der Waals surface area (Å²) < 4.78 is 5.08. The summed E-state index contributed by atoms with van der Waals surface area (Å²) in [5.41, 5.74) is 8.92. The Hall–Kier alpha value is -1.23. The van der Waals surface area contributed by atoms with Crippen LogP contribution in [-0.4, -0.2) is 18.6 Å². The van der Waals surface area contributed by atoms with Crippen molar-refractivity contribution in [2.45, 2.75) is 13.0 Å². The minimum atomic E-state index is 0.649. The number of methoxy groups -OCH3 is 1. The number of rotatable bonds is 5. The van der Waals surface area contributed by atoms with E-state index in [2.05, 4.69) is 34.6 Å². The molecule has 0 saturated carbocycles. The molecule has 0 amide bonds. The average Bonchev–Trinajstić information content (AvgIpc) is 2.80. The van der Waals surface area contributed by atoms with Crippen LogP contribution in [0.25, 0.3) is 10.6 Å². The van der Waals surface area contributed by atoms with Gasteiger partial charge in [-0.05, 0) is 12.1 Å². The van der Waals surface area contributed by atoms with Gasteiger partial charge >= 0.3 is 0 Å². The Kier molecular flexibility index (Phi) is 4.25. The van der Waals surface area contributed by atoms with Gasteiger partial charge in [-0.1, -0.05) is 24.3 Å². The number of hydrogen-bond acceptors (Lipinski definition) is 4. The fourth-order valence-corrected chi connectivity index (χ4v) is 2.47. The SMILES string of the molecule is COCc1ccc(-c2nc(CCN)cs2)cc1. The molecule has 0 aliphatic heterocycles. The maximum atomic E-state index is 5.51. The Labute approximate surface area is 105 Å². The van der Waals surface area contributed by atoms with Crippen molar-refractivity contribution >= 4 is 11.3 Å². The summed E-state index contributed by atoms with van der Waals surface area (Å²) in [6.45, 7) is 1.30. The van der Waals surface area contributed by atoms with Gasteiger partial charge < -0.3 is 10.5 Å². The van der Waals surface area contributed by atoms with E-state index >= 15 is 0 Å². The van der Waals surface area contributed by atoms with Crippen molar-refractivity contribution in [1.29, 1.82) is 0 Å². The molecular weight excluding hydrogens is 232 g/mol. The number of nitrogens with two attached hydrogens (primary N) is 1. The van der Waals surface area contributed by atoms with Crippen LogP contribution in [0.5, 0.6) is 0 Å². The predicted octanol–water partition coefficient (Wildman–Crippen LogP) is 2.46. The molecule has 0 unspecified atom stereocenters. The summed E-state index contributed by atoms with van der Waals surface area (Å²) >= 11 is 1.66. The van der Waals surface area contributed by atoms with Gasteiger partial charge in [0.25, 0.3) is 0 Å². The van der Waals surface area contributed by atoms with Crippen molar-refractivity contribution in [3.63, 3.8) is 0 Å². The van der Waals surface area contributed by atoms with Crippen LogP contribution in [0.3, 0.4) is 0 Å². The first-order valence-electron chi connectivity index (χ1n) is 5.56. The minimum absolute atomic E-state index is 0.649. The van der Waals surface area contributed by atoms with E-state index in [9.17, 15) is 0 Å². The van der Waals surface area contributed by atoms with Gasteiger partial charge in [0.1, 0.15) is 5.01 Å². The number of nitrogens with zero attached hydrogens (tertiary/aromatic N) is 1. The van der Waals surface area contributed by atoms with E-state index < -0.39 is 0 Å². The maximum Gasteiger partial charge on any atom is 0.123 e. The van der Waals surface area contributed by atoms with Crippen LogP contribution in [0.2, 0.25) is 0 Å². The van der Waals surface area contributed by atoms with Crippen LogP contribution in [0.1, 0.15) is 11.3 Å². The molecule has 1 aromatic carbocycles. The lowest BCUT2D eigenvalue weighted by Gasteiger charge is -2.00. The standard InChI is InChI=1S/C13H16N2OS/c1-16-8-10-2-4-11(5-3-10)13-15-12(6-7-14)9-17-13/h2-5,9H,6-8,14H2,1H3. The van der Waals surface area contributed by atoms with Gasteiger partial charge in [0.15, 0.2) is 0 Å². The summed E-state index contributed by atoms with van der Waals surface area (Å²) in [4.78, 5) is 4.55. The molecule has 2 aromatic rings. The first-order valence-corrected chi connectivity index (χ1v) is 6.44. The first kappa shape index (κ1) is 12.2. The van der Waals surface area contributed by atoms with Crippen molar-refractivity contribution in [1.82, 2.24) is 4.98 Å². The highest BCUT2D eigenvalue weighted by atomic mass is 32.1. The Morgan fingerprint density at radius 1 is 1.29 bits per heavy atom. The molecule has 0 spiro atoms. The molecule has 1 aromatic heterocycles. The van der Waals surface area contributed by atoms with Crippen LogP contribution in [0, 0.1) is 0 Å². The Balaban J connectivity index is 2.15. The zero-order chi connectivity index (χ0) is 12.1. The van der Waals surface area contributed by atoms with Gasteiger partial charge in [-0.3, -0.25) is 0 Å². The van der Waals surface area contributed by atoms with Gasteiger partial charge in [0.05, 0.1) is 12.3 Å². The third kappa shape index (κ3) is 3.12. The molecule has 90 valence electrons. The molecule has 0 fully saturated rings. The second-order valence-electron chi connectivity index (χ2n) is 3.81. The molecule has 0 bridgehead atoms. The molecule has 3 nitrogen and oxygen atoms in total. The van der Waals surface area contributed by atoms with Crippen LogP contribution in [-0.2, 0) is 17.8 Å². The lowest BCUT2D eigenvalue weighted by molar-refractivity contribution is 0.185. The van der Waals surface area contributed by atoms with Gasteiger partial charge in [0.2, 0.25) is 0 Å². The van der Waals surface area contributed by atoms with E-state index in [0.717, 1.165) is 22.7 Å². The zero-order valence-electron chi connectivity index (χ0n) is 9.85. The van der Waals surface area contributed by atoms with E-state index in [1.165, 1.54) is 5.56 Å². The third-order valence-corrected chi connectivity index (χ3v) is 3.40. The number of hydrogen-bond donors (Lipinski definition) is 1. The van der Waals surface area contributed by atoms with Crippen LogP contribution in [0.15, 0.2) is 29.6 Å². The highest BCUT2D eigenvalue weighted by molar-refractivity contribution is 7.13. The summed E-state index contributed by atoms with van der Waals surface area (Å²) in [5.74, 6) is 0. The second kappa shape index (κ2) is 5.91. The number of benzene rings is 1. The highest BCUT2D eigenvalue weighted by Crippen LogP contribution is 2.24. The summed E-state index contributed by atoms with van der Waals surface area (Å²) in [6.07, 6.45) is 0.845. The van der Waals surface area contributed by atoms with Crippen LogP contribution < -0.4 is 5.73 Å². The lowest BCUT2D eigenvalue weighted by Crippen LogP contribution is -2.02. The van der Waals surface area contributed by atoms with Gasteiger partial charge in [0, 0.05) is 24.5 Å². The topological polar surface area (TPSA) is 48.1 Å². The van der Waals surface area contributed by atoms with Crippen molar-refractivity contribution in [3.05, 3.63) is 40.9 Å². The fraction of sp³-hybridized carbons (Fsp3) is 0.308. The predicted molar refractivity (Wildman–Crippen MR) is 71.0 cm³/mol. The zero-order valence-corrected chi connectivity index (χ0v) is 10.7. The summed E-state index contributed by atoms with van der Waals surface area (Å²) in [7, 11) is 1.70. The fourth-order valence-electron chi connectivity index (χ4n) is 1.61. The molecule has 0 aliphatic rings. The van der Waals surface area contributed by atoms with Crippen molar-refractivity contribution in [3.8, 4) is 10.6 Å². The summed E-state index contributed by atoms with van der Waals surface area (Å²) in [5, 5.41) is 3.13. The van der Waals surface area contributed by atoms with E-state index in [1.54, 1.807) is 18.4 Å². The molecule has 17 heavy (non-hydrogen) atoms. The first-order chi connectivity index (χ1) is 8.33. The van der Waals surface area contributed by atoms with E-state index in [4.69, 9.17) is 10.5 Å². The molecule has 0 aliphatic carbocycles. The molecular formula is C13H16N2OS. The Morgan fingerprint density at radius 3 is 2.71 bits per heavy atom. The summed E-state index contributed by atoms with van der Waals surface area (Å²) in [6, 6.07) is 8.31. The minimum Gasteiger partial charge on any atom is -0.380 e. The molecule has 1 heterocycles. The van der Waals surface area contributed by atoms with Crippen molar-refractivity contribution < 1.29 is 4.74 Å². The molecule has 4 heteroatoms. The molecule has 0 atom stereocenters. The molecule has 0 saturated heterocycles. The van der Waals surface area contributed by atoms with Gasteiger partial charge in [-0.15, -0.1) is 11.3 Å². The Morgan fingerprint density at radius 2 is 2.06 bits per heavy atom. The largest absolute Gasteiger partial charge is 0.380 e. The van der Waals surface area contributed by atoms with Gasteiger partial charge in [-0.25, -0.2) is 4.98 Å². The average molecular weight is 248 g/mol. The number of ether oxygens (including phenoxy) is 1. The van der Waals surface area contributed by atoms with Crippen molar-refractivity contribution in [2.24, 2.45) is 5.73 Å². The lowest BCUT2D eigenvalue weighted by atomic mass is 10.1. The van der Waals surface area contributed by atoms with E-state index in [-0.39, 0.29) is 0 Å². The third-order valence-electron chi connectivity index (χ3n) is 2.46. The molecule has 2 rings (SSSR count). The second-order valence-corrected chi connectivity index (χ2v) is 4.67. The quantitative estimate of drug-likeness (QED) is 0.884. The van der Waals surface area contributed by atoms with Crippen LogP contribution >= 0.6 is 11.3 Å². The number of aromatic nitrogens is 1. The van der Waals surface area contributed by atoms with E-state index in [1.807, 2.05) is 0 Å². The maximum absolute atomic E-state index is 5.51. The van der Waals surface area contributed by atoms with Crippen LogP contribution in [0.4, 0.5) is 0 Å². The highest BCUT2D eigenvalue weighted by Gasteiger charge is 2.04. The molecule has 0 radical (unpaired) electrons. The number of thiazole rings is 1. The van der Waals surface area contributed by atoms with E-state index in [0.29, 0.717) is 13.2 Å². The van der Waals surface area contributed by atoms with Gasteiger partial charge in [-0.2, -0.15) is 0 Å². The molecule has 2 N–H and O–H groups in total.